The molecule has 2 aromatic rings. The molecule has 0 amide bonds. The van der Waals surface area contributed by atoms with Gasteiger partial charge in [-0.3, -0.25) is 9.59 Å². The molecule has 0 bridgehead atoms. The van der Waals surface area contributed by atoms with Gasteiger partial charge in [0, 0.05) is 58.1 Å². The van der Waals surface area contributed by atoms with Gasteiger partial charge < -0.3 is 18.9 Å². The van der Waals surface area contributed by atoms with Gasteiger partial charge in [0.1, 0.15) is 0 Å². The molecule has 0 N–H and O–H groups in total. The van der Waals surface area contributed by atoms with Crippen LogP contribution in [-0.4, -0.2) is 36.1 Å². The Morgan fingerprint density at radius 1 is 0.565 bits per heavy atom. The Hall–Kier alpha value is -4.72. The van der Waals surface area contributed by atoms with Gasteiger partial charge in [0.2, 0.25) is 0 Å². The van der Waals surface area contributed by atoms with Crippen LogP contribution in [0.15, 0.2) is 94.5 Å². The summed E-state index contributed by atoms with van der Waals surface area (Å²) in [6.45, 7) is 7.07. The van der Waals surface area contributed by atoms with Crippen molar-refractivity contribution in [2.24, 2.45) is 11.8 Å². The number of esters is 2. The quantitative estimate of drug-likeness (QED) is 0.231. The molecule has 4 aliphatic carbocycles. The van der Waals surface area contributed by atoms with Crippen molar-refractivity contribution in [2.45, 2.75) is 77.8 Å². The van der Waals surface area contributed by atoms with Crippen LogP contribution < -0.4 is 0 Å². The normalized spacial score (nSPS) is 30.7. The minimum atomic E-state index is -0.703. The lowest BCUT2D eigenvalue weighted by Gasteiger charge is -2.13. The van der Waals surface area contributed by atoms with Crippen LogP contribution in [0.25, 0.3) is 0 Å². The second kappa shape index (κ2) is 11.6. The standard InChI is InChI=1S/2C19H18O4/c2*1-10-11(2)19(23-18(10)21)22-9-16-14-7-12-5-3-4-6-13(12)15(14)8-17(16)20/h2*3-6,9,14-15,19H,7-8H2,1-2H3/b2*16-9+/t14-,15+,19+;14-,15+,19-/m00/s1. The molecular weight excluding hydrogens is 584 g/mol. The lowest BCUT2D eigenvalue weighted by atomic mass is 9.95. The van der Waals surface area contributed by atoms with Crippen LogP contribution >= 0.6 is 0 Å². The number of benzene rings is 2. The molecule has 2 aromatic carbocycles. The number of hydrogen-bond acceptors (Lipinski definition) is 8. The van der Waals surface area contributed by atoms with Crippen molar-refractivity contribution in [3.05, 3.63) is 117 Å². The molecule has 6 atom stereocenters. The highest BCUT2D eigenvalue weighted by Crippen LogP contribution is 2.50. The van der Waals surface area contributed by atoms with E-state index in [1.165, 1.54) is 34.8 Å². The first-order chi connectivity index (χ1) is 22.1. The fourth-order valence-corrected chi connectivity index (χ4v) is 7.62. The number of rotatable bonds is 4. The van der Waals surface area contributed by atoms with E-state index in [0.717, 1.165) is 35.1 Å². The van der Waals surface area contributed by atoms with Crippen molar-refractivity contribution < 1.29 is 38.1 Å². The lowest BCUT2D eigenvalue weighted by molar-refractivity contribution is -0.154. The smallest absolute Gasteiger partial charge is 0.337 e. The van der Waals surface area contributed by atoms with E-state index in [2.05, 4.69) is 24.3 Å². The summed E-state index contributed by atoms with van der Waals surface area (Å²) in [5.41, 5.74) is 9.35. The monoisotopic (exact) mass is 620 g/mol. The Labute approximate surface area is 267 Å². The van der Waals surface area contributed by atoms with Gasteiger partial charge in [0.15, 0.2) is 11.6 Å². The van der Waals surface area contributed by atoms with Crippen LogP contribution in [0.1, 0.15) is 74.6 Å². The van der Waals surface area contributed by atoms with Crippen LogP contribution in [0.5, 0.6) is 0 Å². The van der Waals surface area contributed by atoms with E-state index >= 15 is 0 Å². The van der Waals surface area contributed by atoms with Crippen LogP contribution in [0.4, 0.5) is 0 Å². The molecule has 8 nitrogen and oxygen atoms in total. The van der Waals surface area contributed by atoms with E-state index in [9.17, 15) is 19.2 Å². The molecule has 46 heavy (non-hydrogen) atoms. The van der Waals surface area contributed by atoms with E-state index in [1.54, 1.807) is 13.8 Å². The third-order valence-corrected chi connectivity index (χ3v) is 10.6. The molecule has 0 radical (unpaired) electrons. The maximum absolute atomic E-state index is 12.3. The third kappa shape index (κ3) is 5.00. The van der Waals surface area contributed by atoms with Crippen LogP contribution in [0.3, 0.4) is 0 Å². The number of fused-ring (bicyclic) bond motifs is 6. The Bertz CT molecular complexity index is 1670. The van der Waals surface area contributed by atoms with Crippen LogP contribution in [-0.2, 0) is 51.0 Å². The van der Waals surface area contributed by atoms with Gasteiger partial charge in [0.25, 0.3) is 12.6 Å². The first-order valence-electron chi connectivity index (χ1n) is 15.8. The molecule has 2 fully saturated rings. The molecule has 2 saturated carbocycles. The maximum Gasteiger partial charge on any atom is 0.337 e. The molecular formula is C38H36O8. The molecule has 8 rings (SSSR count). The number of allylic oxidation sites excluding steroid dienone is 2. The van der Waals surface area contributed by atoms with Crippen molar-refractivity contribution >= 4 is 23.5 Å². The summed E-state index contributed by atoms with van der Waals surface area (Å²) in [7, 11) is 0. The van der Waals surface area contributed by atoms with Crippen molar-refractivity contribution in [1.82, 2.24) is 0 Å². The number of carbonyl (C=O) groups excluding carboxylic acids is 4. The summed E-state index contributed by atoms with van der Waals surface area (Å²) in [5, 5.41) is 0. The molecule has 2 heterocycles. The zero-order valence-corrected chi connectivity index (χ0v) is 26.3. The minimum absolute atomic E-state index is 0.136. The number of carbonyl (C=O) groups is 4. The molecule has 0 saturated heterocycles. The summed E-state index contributed by atoms with van der Waals surface area (Å²) < 4.78 is 21.6. The van der Waals surface area contributed by atoms with E-state index in [4.69, 9.17) is 18.9 Å². The van der Waals surface area contributed by atoms with Gasteiger partial charge in [0.05, 0.1) is 12.5 Å². The zero-order valence-electron chi connectivity index (χ0n) is 26.3. The van der Waals surface area contributed by atoms with Gasteiger partial charge in [-0.1, -0.05) is 48.5 Å². The SMILES string of the molecule is CC1=C(C)[C@@H](O/C=C2/C(=O)C[C@@H]3c4ccccc4C[C@H]23)OC1=O.CC1=C(C)[C@H](O/C=C2/C(=O)C[C@@H]3c4ccccc4C[C@H]23)OC1=O. The van der Waals surface area contributed by atoms with Crippen molar-refractivity contribution in [2.75, 3.05) is 0 Å². The summed E-state index contributed by atoms with van der Waals surface area (Å²) in [6.07, 6.45) is 4.47. The lowest BCUT2D eigenvalue weighted by Crippen LogP contribution is -2.14. The van der Waals surface area contributed by atoms with Crippen molar-refractivity contribution in [3.63, 3.8) is 0 Å². The second-order valence-electron chi connectivity index (χ2n) is 13.0. The Morgan fingerprint density at radius 3 is 1.33 bits per heavy atom. The fourth-order valence-electron chi connectivity index (χ4n) is 7.62. The topological polar surface area (TPSA) is 105 Å². The first-order valence-corrected chi connectivity index (χ1v) is 15.8. The number of Topliss-reactive ketones (excluding diaryl/α,β-unsaturated/α-hetero) is 2. The van der Waals surface area contributed by atoms with Gasteiger partial charge >= 0.3 is 11.9 Å². The van der Waals surface area contributed by atoms with E-state index < -0.39 is 12.6 Å². The van der Waals surface area contributed by atoms with E-state index in [-0.39, 0.29) is 47.2 Å². The molecule has 236 valence electrons. The number of ketones is 2. The summed E-state index contributed by atoms with van der Waals surface area (Å²) in [6, 6.07) is 16.6. The highest BCUT2D eigenvalue weighted by atomic mass is 16.7. The van der Waals surface area contributed by atoms with Crippen molar-refractivity contribution in [1.29, 1.82) is 0 Å². The third-order valence-electron chi connectivity index (χ3n) is 10.6. The van der Waals surface area contributed by atoms with Crippen molar-refractivity contribution in [3.8, 4) is 0 Å². The average molecular weight is 621 g/mol. The predicted molar refractivity (Wildman–Crippen MR) is 167 cm³/mol. The zero-order chi connectivity index (χ0) is 32.3. The fraction of sp³-hybridized carbons (Fsp3) is 0.368. The number of ether oxygens (including phenoxy) is 4. The molecule has 2 aliphatic heterocycles. The van der Waals surface area contributed by atoms with Crippen LogP contribution in [0, 0.1) is 11.8 Å². The molecule has 0 spiro atoms. The van der Waals surface area contributed by atoms with E-state index in [1.807, 2.05) is 38.1 Å². The number of cyclic esters (lactones) is 2. The second-order valence-corrected chi connectivity index (χ2v) is 13.0. The highest BCUT2D eigenvalue weighted by Gasteiger charge is 2.45. The van der Waals surface area contributed by atoms with Gasteiger partial charge in [-0.25, -0.2) is 9.59 Å². The summed E-state index contributed by atoms with van der Waals surface area (Å²) in [4.78, 5) is 47.8. The minimum Gasteiger partial charge on any atom is -0.458 e. The van der Waals surface area contributed by atoms with Crippen LogP contribution in [0.2, 0.25) is 0 Å². The Morgan fingerprint density at radius 2 is 0.957 bits per heavy atom. The summed E-state index contributed by atoms with van der Waals surface area (Å²) in [5.74, 6) is 0.458. The highest BCUT2D eigenvalue weighted by molar-refractivity contribution is 6.00. The maximum atomic E-state index is 12.3. The predicted octanol–water partition coefficient (Wildman–Crippen LogP) is 6.07. The molecule has 6 aliphatic rings. The van der Waals surface area contributed by atoms with Gasteiger partial charge in [-0.15, -0.1) is 0 Å². The number of hydrogen-bond donors (Lipinski definition) is 0. The largest absolute Gasteiger partial charge is 0.458 e. The van der Waals surface area contributed by atoms with Gasteiger partial charge in [-0.05, 0) is 74.6 Å². The Kier molecular flexibility index (Phi) is 7.54. The van der Waals surface area contributed by atoms with E-state index in [0.29, 0.717) is 24.0 Å². The first kappa shape index (κ1) is 30.0. The van der Waals surface area contributed by atoms with Gasteiger partial charge in [-0.2, -0.15) is 0 Å². The average Bonchev–Trinajstić information content (AvgIpc) is 3.85. The molecule has 0 aromatic heterocycles. The summed E-state index contributed by atoms with van der Waals surface area (Å²) >= 11 is 0. The Balaban J connectivity index is 0.000000147. The molecule has 8 heteroatoms. The molecule has 0 unspecified atom stereocenters.